The largest absolute Gasteiger partial charge is 0.468 e. The lowest BCUT2D eigenvalue weighted by atomic mass is 10.1. The fraction of sp³-hybridized carbons (Fsp3) is 0.136. The number of sulfonamides is 1. The second-order valence-electron chi connectivity index (χ2n) is 7.32. The molecule has 0 saturated carbocycles. The maximum Gasteiger partial charge on any atom is 0.269 e. The first-order chi connectivity index (χ1) is 15.2. The van der Waals surface area contributed by atoms with Crippen LogP contribution in [0.25, 0.3) is 10.9 Å². The second kappa shape index (κ2) is 8.40. The van der Waals surface area contributed by atoms with Crippen LogP contribution in [0, 0.1) is 17.0 Å². The topological polar surface area (TPSA) is 127 Å². The van der Waals surface area contributed by atoms with E-state index in [0.717, 1.165) is 27.4 Å². The Bertz CT molecular complexity index is 1440. The van der Waals surface area contributed by atoms with Crippen molar-refractivity contribution in [2.45, 2.75) is 24.9 Å². The van der Waals surface area contributed by atoms with E-state index in [1.807, 2.05) is 25.1 Å². The predicted molar refractivity (Wildman–Crippen MR) is 118 cm³/mol. The van der Waals surface area contributed by atoms with E-state index in [-0.39, 0.29) is 29.2 Å². The highest BCUT2D eigenvalue weighted by atomic mass is 32.2. The molecule has 2 aromatic heterocycles. The molecule has 32 heavy (non-hydrogen) atoms. The molecule has 4 rings (SSSR count). The number of fused-ring (bicyclic) bond motifs is 1. The van der Waals surface area contributed by atoms with E-state index in [1.54, 1.807) is 18.2 Å². The molecule has 0 radical (unpaired) electrons. The van der Waals surface area contributed by atoms with Crippen molar-refractivity contribution in [3.63, 3.8) is 0 Å². The second-order valence-corrected chi connectivity index (χ2v) is 9.26. The van der Waals surface area contributed by atoms with Gasteiger partial charge < -0.3 is 9.40 Å². The highest BCUT2D eigenvalue weighted by molar-refractivity contribution is 7.89. The quantitative estimate of drug-likeness (QED) is 0.336. The van der Waals surface area contributed by atoms with Crippen molar-refractivity contribution < 1.29 is 17.8 Å². The summed E-state index contributed by atoms with van der Waals surface area (Å²) in [6, 6.07) is 15.1. The molecule has 0 aliphatic carbocycles. The van der Waals surface area contributed by atoms with E-state index in [9.17, 15) is 23.3 Å². The van der Waals surface area contributed by atoms with Crippen LogP contribution in [0.5, 0.6) is 0 Å². The number of H-pyrrole nitrogens is 1. The van der Waals surface area contributed by atoms with Crippen LogP contribution in [-0.2, 0) is 23.1 Å². The molecule has 0 aliphatic heterocycles. The number of furan rings is 1. The molecule has 9 nitrogen and oxygen atoms in total. The van der Waals surface area contributed by atoms with Gasteiger partial charge in [-0.25, -0.2) is 8.42 Å². The molecule has 0 unspecified atom stereocenters. The van der Waals surface area contributed by atoms with E-state index >= 15 is 0 Å². The lowest BCUT2D eigenvalue weighted by molar-refractivity contribution is -0.384. The van der Waals surface area contributed by atoms with Crippen molar-refractivity contribution in [1.82, 2.24) is 9.29 Å². The van der Waals surface area contributed by atoms with Crippen molar-refractivity contribution in [2.24, 2.45) is 0 Å². The normalized spacial score (nSPS) is 11.8. The van der Waals surface area contributed by atoms with E-state index in [1.165, 1.54) is 18.4 Å². The molecule has 164 valence electrons. The van der Waals surface area contributed by atoms with Gasteiger partial charge in [-0.15, -0.1) is 0 Å². The van der Waals surface area contributed by atoms with Crippen molar-refractivity contribution in [2.75, 3.05) is 0 Å². The first kappa shape index (κ1) is 21.5. The number of nitro groups is 1. The van der Waals surface area contributed by atoms with E-state index in [0.29, 0.717) is 11.3 Å². The summed E-state index contributed by atoms with van der Waals surface area (Å²) < 4.78 is 33.2. The first-order valence-electron chi connectivity index (χ1n) is 9.63. The summed E-state index contributed by atoms with van der Waals surface area (Å²) >= 11 is 0. The average molecular weight is 453 g/mol. The van der Waals surface area contributed by atoms with Gasteiger partial charge in [-0.1, -0.05) is 12.1 Å². The van der Waals surface area contributed by atoms with Gasteiger partial charge in [0.25, 0.3) is 11.2 Å². The summed E-state index contributed by atoms with van der Waals surface area (Å²) in [4.78, 5) is 25.7. The molecule has 0 spiro atoms. The fourth-order valence-corrected chi connectivity index (χ4v) is 4.74. The standard InChI is InChI=1S/C22H19N3O6S/c1-15-4-5-16-12-17(22(26)23-21(16)11-15)13-24(14-19-3-2-10-31-19)32(29,30)20-8-6-18(7-9-20)25(27)28/h2-12H,13-14H2,1H3,(H,23,26). The van der Waals surface area contributed by atoms with Crippen LogP contribution in [0.3, 0.4) is 0 Å². The maximum atomic E-state index is 13.4. The Morgan fingerprint density at radius 3 is 2.47 bits per heavy atom. The molecule has 0 amide bonds. The van der Waals surface area contributed by atoms with Crippen LogP contribution < -0.4 is 5.56 Å². The summed E-state index contributed by atoms with van der Waals surface area (Å²) in [5, 5.41) is 11.7. The van der Waals surface area contributed by atoms with Gasteiger partial charge in [-0.05, 0) is 54.3 Å². The van der Waals surface area contributed by atoms with Crippen molar-refractivity contribution in [1.29, 1.82) is 0 Å². The highest BCUT2D eigenvalue weighted by Gasteiger charge is 2.27. The summed E-state index contributed by atoms with van der Waals surface area (Å²) in [7, 11) is -4.10. The smallest absolute Gasteiger partial charge is 0.269 e. The van der Waals surface area contributed by atoms with Crippen LogP contribution >= 0.6 is 0 Å². The van der Waals surface area contributed by atoms with Crippen LogP contribution in [-0.4, -0.2) is 22.6 Å². The minimum Gasteiger partial charge on any atom is -0.468 e. The van der Waals surface area contributed by atoms with E-state index in [4.69, 9.17) is 4.42 Å². The molecule has 2 heterocycles. The first-order valence-corrected chi connectivity index (χ1v) is 11.1. The zero-order chi connectivity index (χ0) is 22.9. The highest BCUT2D eigenvalue weighted by Crippen LogP contribution is 2.24. The third kappa shape index (κ3) is 4.32. The Morgan fingerprint density at radius 1 is 1.06 bits per heavy atom. The number of pyridine rings is 1. The van der Waals surface area contributed by atoms with Gasteiger partial charge in [0.2, 0.25) is 10.0 Å². The van der Waals surface area contributed by atoms with Gasteiger partial charge >= 0.3 is 0 Å². The number of hydrogen-bond donors (Lipinski definition) is 1. The minimum absolute atomic E-state index is 0.113. The number of aromatic nitrogens is 1. The molecule has 0 atom stereocenters. The summed E-state index contributed by atoms with van der Waals surface area (Å²) in [5.41, 5.74) is 1.29. The molecular weight excluding hydrogens is 434 g/mol. The Labute approximate surface area is 183 Å². The lowest BCUT2D eigenvalue weighted by Gasteiger charge is -2.21. The molecular formula is C22H19N3O6S. The van der Waals surface area contributed by atoms with Crippen LogP contribution in [0.1, 0.15) is 16.9 Å². The number of nitrogens with one attached hydrogen (secondary N) is 1. The summed E-state index contributed by atoms with van der Waals surface area (Å²) in [6.45, 7) is 1.59. The van der Waals surface area contributed by atoms with Gasteiger partial charge in [0.1, 0.15) is 5.76 Å². The van der Waals surface area contributed by atoms with Crippen LogP contribution in [0.4, 0.5) is 5.69 Å². The fourth-order valence-electron chi connectivity index (χ4n) is 3.36. The lowest BCUT2D eigenvalue weighted by Crippen LogP contribution is -2.32. The monoisotopic (exact) mass is 453 g/mol. The van der Waals surface area contributed by atoms with Crippen LogP contribution in [0.2, 0.25) is 0 Å². The summed E-state index contributed by atoms with van der Waals surface area (Å²) in [5.74, 6) is 0.392. The maximum absolute atomic E-state index is 13.4. The number of aryl methyl sites for hydroxylation is 1. The van der Waals surface area contributed by atoms with Gasteiger partial charge in [0, 0.05) is 29.8 Å². The van der Waals surface area contributed by atoms with Gasteiger partial charge in [0.05, 0.1) is 22.6 Å². The Kier molecular flexibility index (Phi) is 5.64. The molecule has 0 saturated heterocycles. The number of nitro benzene ring substituents is 1. The zero-order valence-electron chi connectivity index (χ0n) is 17.0. The molecule has 4 aromatic rings. The Morgan fingerprint density at radius 2 is 1.81 bits per heavy atom. The molecule has 2 aromatic carbocycles. The molecule has 0 bridgehead atoms. The van der Waals surface area contributed by atoms with Crippen LogP contribution in [0.15, 0.2) is 81.0 Å². The van der Waals surface area contributed by atoms with Crippen molar-refractivity contribution in [3.8, 4) is 0 Å². The molecule has 1 N–H and O–H groups in total. The number of aromatic amines is 1. The molecule has 0 aliphatic rings. The SMILES string of the molecule is Cc1ccc2cc(CN(Cc3ccco3)S(=O)(=O)c3ccc([N+](=O)[O-])cc3)c(=O)[nH]c2c1. The molecule has 10 heteroatoms. The summed E-state index contributed by atoms with van der Waals surface area (Å²) in [6.07, 6.45) is 1.43. The number of nitrogens with zero attached hydrogens (tertiary/aromatic N) is 2. The number of non-ortho nitro benzene ring substituents is 1. The number of rotatable bonds is 7. The van der Waals surface area contributed by atoms with E-state index in [2.05, 4.69) is 4.98 Å². The molecule has 0 fully saturated rings. The number of benzene rings is 2. The average Bonchev–Trinajstić information content (AvgIpc) is 3.27. The van der Waals surface area contributed by atoms with Gasteiger partial charge in [-0.2, -0.15) is 4.31 Å². The Balaban J connectivity index is 1.75. The number of hydrogen-bond acceptors (Lipinski definition) is 6. The third-order valence-corrected chi connectivity index (χ3v) is 6.83. The third-order valence-electron chi connectivity index (χ3n) is 5.02. The minimum atomic E-state index is -4.10. The zero-order valence-corrected chi connectivity index (χ0v) is 17.8. The van der Waals surface area contributed by atoms with E-state index < -0.39 is 20.5 Å². The van der Waals surface area contributed by atoms with Gasteiger partial charge in [-0.3, -0.25) is 14.9 Å². The van der Waals surface area contributed by atoms with Gasteiger partial charge in [0.15, 0.2) is 0 Å². The van der Waals surface area contributed by atoms with Crippen molar-refractivity contribution >= 4 is 26.6 Å². The predicted octanol–water partition coefficient (Wildman–Crippen LogP) is 3.73. The Hall–Kier alpha value is -3.76. The van der Waals surface area contributed by atoms with Crippen molar-refractivity contribution in [3.05, 3.63) is 104 Å².